The minimum atomic E-state index is 0.414. The second kappa shape index (κ2) is 12.1. The zero-order valence-corrected chi connectivity index (χ0v) is 17.2. The van der Waals surface area contributed by atoms with Crippen molar-refractivity contribution in [3.05, 3.63) is 51.5 Å². The van der Waals surface area contributed by atoms with Crippen LogP contribution in [0.4, 0.5) is 0 Å². The number of rotatable bonds is 8. The van der Waals surface area contributed by atoms with Gasteiger partial charge in [-0.05, 0) is 44.0 Å². The summed E-state index contributed by atoms with van der Waals surface area (Å²) >= 11 is 1.50. The molecule has 0 spiro atoms. The highest BCUT2D eigenvalue weighted by Crippen LogP contribution is 2.29. The van der Waals surface area contributed by atoms with E-state index in [1.807, 2.05) is 64.3 Å². The number of thiazole rings is 1. The van der Waals surface area contributed by atoms with Crippen molar-refractivity contribution in [1.29, 1.82) is 0 Å². The molecule has 0 saturated carbocycles. The highest BCUT2D eigenvalue weighted by Gasteiger charge is 2.09. The monoisotopic (exact) mass is 376 g/mol. The molecule has 0 fully saturated rings. The summed E-state index contributed by atoms with van der Waals surface area (Å²) in [5, 5.41) is 6.45. The summed E-state index contributed by atoms with van der Waals surface area (Å²) in [6, 6.07) is 3.98. The number of nitrogens with zero attached hydrogens (tertiary/aromatic N) is 2. The smallest absolute Gasteiger partial charge is 0.138 e. The molecular formula is C20H28N2O3S. The van der Waals surface area contributed by atoms with Crippen LogP contribution in [-0.4, -0.2) is 24.9 Å². The molecular weight excluding hydrogens is 348 g/mol. The number of aryl methyl sites for hydroxylation is 2. The quantitative estimate of drug-likeness (QED) is 0.356. The van der Waals surface area contributed by atoms with Crippen LogP contribution in [0.5, 0.6) is 11.5 Å². The molecule has 0 aliphatic rings. The van der Waals surface area contributed by atoms with Crippen molar-refractivity contribution in [1.82, 2.24) is 4.98 Å². The highest BCUT2D eigenvalue weighted by atomic mass is 32.1. The summed E-state index contributed by atoms with van der Waals surface area (Å²) < 4.78 is 11.6. The molecule has 0 aliphatic carbocycles. The maximum absolute atomic E-state index is 5.95. The first-order chi connectivity index (χ1) is 12.6. The topological polar surface area (TPSA) is 52.9 Å². The Morgan fingerprint density at radius 2 is 1.85 bits per heavy atom. The molecule has 0 saturated heterocycles. The Morgan fingerprint density at radius 3 is 2.46 bits per heavy atom. The largest absolute Gasteiger partial charge is 0.490 e. The van der Waals surface area contributed by atoms with E-state index in [2.05, 4.69) is 15.0 Å². The highest BCUT2D eigenvalue weighted by molar-refractivity contribution is 7.11. The third kappa shape index (κ3) is 6.88. The summed E-state index contributed by atoms with van der Waals surface area (Å²) in [6.07, 6.45) is 5.53. The number of aromatic nitrogens is 1. The molecule has 1 heterocycles. The Kier molecular flexibility index (Phi) is 10.1. The van der Waals surface area contributed by atoms with Gasteiger partial charge >= 0.3 is 0 Å². The van der Waals surface area contributed by atoms with Gasteiger partial charge in [0, 0.05) is 5.38 Å². The first kappa shape index (κ1) is 21.7. The lowest BCUT2D eigenvalue weighted by molar-refractivity contribution is 0.215. The second-order valence-corrected chi connectivity index (χ2v) is 6.04. The zero-order chi connectivity index (χ0) is 19.4. The van der Waals surface area contributed by atoms with Crippen molar-refractivity contribution in [2.75, 3.05) is 13.7 Å². The number of benzene rings is 1. The number of hydrogen-bond acceptors (Lipinski definition) is 6. The molecule has 26 heavy (non-hydrogen) atoms. The van der Waals surface area contributed by atoms with E-state index in [0.29, 0.717) is 13.2 Å². The van der Waals surface area contributed by atoms with Crippen molar-refractivity contribution in [2.24, 2.45) is 5.16 Å². The second-order valence-electron chi connectivity index (χ2n) is 5.15. The van der Waals surface area contributed by atoms with E-state index < -0.39 is 0 Å². The van der Waals surface area contributed by atoms with Crippen LogP contribution in [0.1, 0.15) is 42.6 Å². The van der Waals surface area contributed by atoms with E-state index in [1.165, 1.54) is 18.4 Å². The molecule has 0 amide bonds. The SMILES string of the molecule is C/C=C/COc1cc(C)c(OCc2csc(C=NOC)n2)c(C)c1.CC. The fourth-order valence-electron chi connectivity index (χ4n) is 2.15. The van der Waals surface area contributed by atoms with Crippen LogP contribution < -0.4 is 9.47 Å². The van der Waals surface area contributed by atoms with Crippen molar-refractivity contribution in [3.8, 4) is 11.5 Å². The first-order valence-corrected chi connectivity index (χ1v) is 9.51. The standard InChI is InChI=1S/C18H22N2O3S.C2H6/c1-5-6-7-22-16-8-13(2)18(14(3)9-16)23-11-15-12-24-17(20-15)10-19-21-4;1-2/h5-6,8-10,12H,7,11H2,1-4H3;1-2H3/b6-5+,19-10?;. The Balaban J connectivity index is 0.00000163. The average molecular weight is 377 g/mol. The van der Waals surface area contributed by atoms with Crippen molar-refractivity contribution in [3.63, 3.8) is 0 Å². The molecule has 0 unspecified atom stereocenters. The molecule has 0 radical (unpaired) electrons. The van der Waals surface area contributed by atoms with Gasteiger partial charge in [-0.2, -0.15) is 0 Å². The first-order valence-electron chi connectivity index (χ1n) is 8.63. The lowest BCUT2D eigenvalue weighted by Gasteiger charge is -2.13. The summed E-state index contributed by atoms with van der Waals surface area (Å²) in [5.74, 6) is 1.72. The predicted molar refractivity (Wildman–Crippen MR) is 109 cm³/mol. The Bertz CT molecular complexity index is 701. The molecule has 0 bridgehead atoms. The van der Waals surface area contributed by atoms with E-state index in [9.17, 15) is 0 Å². The molecule has 0 N–H and O–H groups in total. The van der Waals surface area contributed by atoms with Gasteiger partial charge in [0.2, 0.25) is 0 Å². The molecule has 1 aromatic heterocycles. The van der Waals surface area contributed by atoms with E-state index in [-0.39, 0.29) is 0 Å². The molecule has 2 aromatic rings. The van der Waals surface area contributed by atoms with E-state index in [1.54, 1.807) is 6.21 Å². The summed E-state index contributed by atoms with van der Waals surface area (Å²) in [7, 11) is 1.51. The third-order valence-electron chi connectivity index (χ3n) is 3.22. The lowest BCUT2D eigenvalue weighted by atomic mass is 10.1. The van der Waals surface area contributed by atoms with Crippen LogP contribution in [0, 0.1) is 13.8 Å². The minimum Gasteiger partial charge on any atom is -0.490 e. The van der Waals surface area contributed by atoms with Gasteiger partial charge in [-0.15, -0.1) is 11.3 Å². The molecule has 142 valence electrons. The van der Waals surface area contributed by atoms with Crippen molar-refractivity contribution >= 4 is 17.6 Å². The van der Waals surface area contributed by atoms with Gasteiger partial charge in [-0.25, -0.2) is 4.98 Å². The van der Waals surface area contributed by atoms with Crippen molar-refractivity contribution < 1.29 is 14.3 Å². The van der Waals surface area contributed by atoms with Crippen LogP contribution in [0.3, 0.4) is 0 Å². The van der Waals surface area contributed by atoms with Crippen molar-refractivity contribution in [2.45, 2.75) is 41.2 Å². The number of oxime groups is 1. The van der Waals surface area contributed by atoms with Gasteiger partial charge < -0.3 is 14.3 Å². The van der Waals surface area contributed by atoms with Gasteiger partial charge in [0.05, 0.1) is 5.69 Å². The van der Waals surface area contributed by atoms with Gasteiger partial charge in [-0.3, -0.25) is 0 Å². The minimum absolute atomic E-state index is 0.414. The van der Waals surface area contributed by atoms with E-state index in [0.717, 1.165) is 33.3 Å². The van der Waals surface area contributed by atoms with Gasteiger partial charge in [0.1, 0.15) is 43.0 Å². The molecule has 0 aliphatic heterocycles. The van der Waals surface area contributed by atoms with Crippen LogP contribution in [-0.2, 0) is 11.4 Å². The number of ether oxygens (including phenoxy) is 2. The van der Waals surface area contributed by atoms with Crippen LogP contribution in [0.15, 0.2) is 34.8 Å². The molecule has 2 rings (SSSR count). The normalized spacial score (nSPS) is 10.7. The third-order valence-corrected chi connectivity index (χ3v) is 4.05. The van der Waals surface area contributed by atoms with Gasteiger partial charge in [0.15, 0.2) is 0 Å². The molecule has 0 atom stereocenters. The zero-order valence-electron chi connectivity index (χ0n) is 16.4. The number of hydrogen-bond donors (Lipinski definition) is 0. The summed E-state index contributed by atoms with van der Waals surface area (Å²) in [6.45, 7) is 11.0. The maximum atomic E-state index is 5.95. The lowest BCUT2D eigenvalue weighted by Crippen LogP contribution is -2.01. The molecule has 1 aromatic carbocycles. The van der Waals surface area contributed by atoms with E-state index >= 15 is 0 Å². The fraction of sp³-hybridized carbons (Fsp3) is 0.400. The summed E-state index contributed by atoms with van der Waals surface area (Å²) in [5.41, 5.74) is 2.95. The van der Waals surface area contributed by atoms with Gasteiger partial charge in [-0.1, -0.05) is 31.2 Å². The Morgan fingerprint density at radius 1 is 1.15 bits per heavy atom. The van der Waals surface area contributed by atoms with Crippen LogP contribution in [0.2, 0.25) is 0 Å². The molecule has 6 heteroatoms. The fourth-order valence-corrected chi connectivity index (χ4v) is 2.81. The Hall–Kier alpha value is -2.34. The van der Waals surface area contributed by atoms with Gasteiger partial charge in [0.25, 0.3) is 0 Å². The van der Waals surface area contributed by atoms with Crippen LogP contribution >= 0.6 is 11.3 Å². The summed E-state index contributed by atoms with van der Waals surface area (Å²) in [4.78, 5) is 9.07. The predicted octanol–water partition coefficient (Wildman–Crippen LogP) is 5.30. The molecule has 5 nitrogen and oxygen atoms in total. The van der Waals surface area contributed by atoms with E-state index in [4.69, 9.17) is 9.47 Å². The Labute approximate surface area is 160 Å². The van der Waals surface area contributed by atoms with Crippen LogP contribution in [0.25, 0.3) is 0 Å². The number of allylic oxidation sites excluding steroid dienone is 1. The average Bonchev–Trinajstić information content (AvgIpc) is 3.09. The maximum Gasteiger partial charge on any atom is 0.138 e.